The lowest BCUT2D eigenvalue weighted by Gasteiger charge is -2.08. The number of carbonyl (C=O) groups is 2. The monoisotopic (exact) mass is 255 g/mol. The summed E-state index contributed by atoms with van der Waals surface area (Å²) in [5.41, 5.74) is 7.16. The second-order valence-corrected chi connectivity index (χ2v) is 4.05. The van der Waals surface area contributed by atoms with E-state index in [4.69, 9.17) is 5.73 Å². The maximum Gasteiger partial charge on any atom is 0.257 e. The molecule has 96 valence electrons. The molecule has 5 heteroatoms. The maximum atomic E-state index is 12.0. The Labute approximate surface area is 110 Å². The van der Waals surface area contributed by atoms with Gasteiger partial charge in [0.05, 0.1) is 16.8 Å². The van der Waals surface area contributed by atoms with E-state index < -0.39 is 5.91 Å². The fourth-order valence-corrected chi connectivity index (χ4v) is 1.60. The summed E-state index contributed by atoms with van der Waals surface area (Å²) < 4.78 is 0. The number of aromatic nitrogens is 1. The van der Waals surface area contributed by atoms with Crippen LogP contribution in [0.15, 0.2) is 42.6 Å². The lowest BCUT2D eigenvalue weighted by Crippen LogP contribution is -2.18. The number of para-hydroxylation sites is 1. The first kappa shape index (κ1) is 12.8. The molecule has 2 rings (SSSR count). The average molecular weight is 255 g/mol. The molecule has 3 N–H and O–H groups in total. The van der Waals surface area contributed by atoms with Gasteiger partial charge in [-0.1, -0.05) is 12.1 Å². The Morgan fingerprint density at radius 3 is 2.53 bits per heavy atom. The lowest BCUT2D eigenvalue weighted by molar-refractivity contribution is 0.100. The summed E-state index contributed by atoms with van der Waals surface area (Å²) in [7, 11) is 0. The van der Waals surface area contributed by atoms with Gasteiger partial charge in [0.2, 0.25) is 0 Å². The molecule has 0 atom stereocenters. The number of primary amides is 1. The van der Waals surface area contributed by atoms with Gasteiger partial charge in [0, 0.05) is 11.9 Å². The zero-order chi connectivity index (χ0) is 13.8. The highest BCUT2D eigenvalue weighted by Crippen LogP contribution is 2.15. The van der Waals surface area contributed by atoms with Gasteiger partial charge in [0.25, 0.3) is 11.8 Å². The standard InChI is InChI=1S/C14H13N3O2/c1-9-6-7-10(8-16-9)14(19)17-12-5-3-2-4-11(12)13(15)18/h2-8H,1H3,(H2,15,18)(H,17,19). The third-order valence-electron chi connectivity index (χ3n) is 2.61. The van der Waals surface area contributed by atoms with Gasteiger partial charge in [-0.2, -0.15) is 0 Å². The first-order valence-corrected chi connectivity index (χ1v) is 5.71. The van der Waals surface area contributed by atoms with Crippen molar-refractivity contribution in [1.29, 1.82) is 0 Å². The van der Waals surface area contributed by atoms with Crippen molar-refractivity contribution < 1.29 is 9.59 Å². The molecule has 1 heterocycles. The van der Waals surface area contributed by atoms with E-state index in [2.05, 4.69) is 10.3 Å². The normalized spacial score (nSPS) is 9.95. The van der Waals surface area contributed by atoms with E-state index in [-0.39, 0.29) is 11.5 Å². The first-order valence-electron chi connectivity index (χ1n) is 5.71. The van der Waals surface area contributed by atoms with Gasteiger partial charge >= 0.3 is 0 Å². The van der Waals surface area contributed by atoms with Gasteiger partial charge in [0.1, 0.15) is 0 Å². The third kappa shape index (κ3) is 2.95. The van der Waals surface area contributed by atoms with Crippen LogP contribution in [-0.2, 0) is 0 Å². The summed E-state index contributed by atoms with van der Waals surface area (Å²) >= 11 is 0. The summed E-state index contributed by atoms with van der Waals surface area (Å²) in [5, 5.41) is 2.65. The van der Waals surface area contributed by atoms with Crippen LogP contribution < -0.4 is 11.1 Å². The molecule has 0 aliphatic heterocycles. The highest BCUT2D eigenvalue weighted by atomic mass is 16.2. The number of carbonyl (C=O) groups excluding carboxylic acids is 2. The van der Waals surface area contributed by atoms with Gasteiger partial charge in [-0.05, 0) is 31.2 Å². The molecule has 19 heavy (non-hydrogen) atoms. The molecule has 1 aromatic heterocycles. The van der Waals surface area contributed by atoms with Crippen LogP contribution in [0, 0.1) is 6.92 Å². The number of hydrogen-bond donors (Lipinski definition) is 2. The summed E-state index contributed by atoms with van der Waals surface area (Å²) in [6.07, 6.45) is 1.48. The van der Waals surface area contributed by atoms with Crippen molar-refractivity contribution in [2.45, 2.75) is 6.92 Å². The van der Waals surface area contributed by atoms with Crippen molar-refractivity contribution in [3.63, 3.8) is 0 Å². The fourth-order valence-electron chi connectivity index (χ4n) is 1.60. The van der Waals surface area contributed by atoms with Crippen LogP contribution in [0.5, 0.6) is 0 Å². The molecule has 0 spiro atoms. The van der Waals surface area contributed by atoms with Crippen LogP contribution in [-0.4, -0.2) is 16.8 Å². The maximum absolute atomic E-state index is 12.0. The molecule has 5 nitrogen and oxygen atoms in total. The van der Waals surface area contributed by atoms with Crippen molar-refractivity contribution in [1.82, 2.24) is 4.98 Å². The second kappa shape index (κ2) is 5.30. The van der Waals surface area contributed by atoms with Crippen molar-refractivity contribution in [3.8, 4) is 0 Å². The Morgan fingerprint density at radius 2 is 1.89 bits per heavy atom. The third-order valence-corrected chi connectivity index (χ3v) is 2.61. The molecule has 0 aliphatic rings. The van der Waals surface area contributed by atoms with Crippen molar-refractivity contribution in [2.24, 2.45) is 5.73 Å². The van der Waals surface area contributed by atoms with Gasteiger partial charge in [-0.3, -0.25) is 14.6 Å². The Balaban J connectivity index is 2.24. The molecule has 2 amide bonds. The van der Waals surface area contributed by atoms with Gasteiger partial charge in [-0.25, -0.2) is 0 Å². The highest BCUT2D eigenvalue weighted by Gasteiger charge is 2.11. The molecule has 0 saturated carbocycles. The van der Waals surface area contributed by atoms with Crippen molar-refractivity contribution in [2.75, 3.05) is 5.32 Å². The number of anilines is 1. The molecule has 0 saturated heterocycles. The van der Waals surface area contributed by atoms with E-state index in [0.717, 1.165) is 5.69 Å². The van der Waals surface area contributed by atoms with E-state index in [1.807, 2.05) is 6.92 Å². The van der Waals surface area contributed by atoms with E-state index >= 15 is 0 Å². The zero-order valence-corrected chi connectivity index (χ0v) is 10.4. The van der Waals surface area contributed by atoms with Gasteiger partial charge < -0.3 is 11.1 Å². The first-order chi connectivity index (χ1) is 9.08. The molecule has 0 fully saturated rings. The summed E-state index contributed by atoms with van der Waals surface area (Å²) in [6.45, 7) is 1.84. The smallest absolute Gasteiger partial charge is 0.257 e. The topological polar surface area (TPSA) is 85.1 Å². The predicted octanol–water partition coefficient (Wildman–Crippen LogP) is 1.74. The number of aryl methyl sites for hydroxylation is 1. The number of nitrogens with zero attached hydrogens (tertiary/aromatic N) is 1. The fraction of sp³-hybridized carbons (Fsp3) is 0.0714. The van der Waals surface area contributed by atoms with E-state index in [1.165, 1.54) is 6.20 Å². The summed E-state index contributed by atoms with van der Waals surface area (Å²) in [4.78, 5) is 27.3. The van der Waals surface area contributed by atoms with E-state index in [0.29, 0.717) is 11.3 Å². The Morgan fingerprint density at radius 1 is 1.16 bits per heavy atom. The Hall–Kier alpha value is -2.69. The number of nitrogens with two attached hydrogens (primary N) is 1. The molecule has 0 bridgehead atoms. The van der Waals surface area contributed by atoms with Crippen LogP contribution in [0.25, 0.3) is 0 Å². The highest BCUT2D eigenvalue weighted by molar-refractivity contribution is 6.08. The van der Waals surface area contributed by atoms with Crippen LogP contribution in [0.2, 0.25) is 0 Å². The van der Waals surface area contributed by atoms with Crippen molar-refractivity contribution >= 4 is 17.5 Å². The predicted molar refractivity (Wildman–Crippen MR) is 71.9 cm³/mol. The lowest BCUT2D eigenvalue weighted by atomic mass is 10.1. The van der Waals surface area contributed by atoms with Crippen molar-refractivity contribution in [3.05, 3.63) is 59.4 Å². The molecule has 1 aromatic carbocycles. The summed E-state index contributed by atoms with van der Waals surface area (Å²) in [5.74, 6) is -0.917. The van der Waals surface area contributed by atoms with Crippen LogP contribution in [0.3, 0.4) is 0 Å². The molecule has 0 unspecified atom stereocenters. The Bertz CT molecular complexity index is 621. The van der Waals surface area contributed by atoms with Gasteiger partial charge in [0.15, 0.2) is 0 Å². The average Bonchev–Trinajstić information content (AvgIpc) is 2.39. The number of pyridine rings is 1. The minimum absolute atomic E-state index is 0.274. The number of hydrogen-bond acceptors (Lipinski definition) is 3. The second-order valence-electron chi connectivity index (χ2n) is 4.05. The zero-order valence-electron chi connectivity index (χ0n) is 10.4. The van der Waals surface area contributed by atoms with Crippen LogP contribution >= 0.6 is 0 Å². The van der Waals surface area contributed by atoms with Crippen LogP contribution in [0.4, 0.5) is 5.69 Å². The number of benzene rings is 1. The minimum Gasteiger partial charge on any atom is -0.366 e. The number of rotatable bonds is 3. The largest absolute Gasteiger partial charge is 0.366 e. The number of nitrogens with one attached hydrogen (secondary N) is 1. The number of amides is 2. The minimum atomic E-state index is -0.585. The van der Waals surface area contributed by atoms with Gasteiger partial charge in [-0.15, -0.1) is 0 Å². The quantitative estimate of drug-likeness (QED) is 0.876. The molecular formula is C14H13N3O2. The van der Waals surface area contributed by atoms with E-state index in [9.17, 15) is 9.59 Å². The summed E-state index contributed by atoms with van der Waals surface area (Å²) in [6, 6.07) is 10.0. The molecule has 0 aliphatic carbocycles. The van der Waals surface area contributed by atoms with Crippen LogP contribution in [0.1, 0.15) is 26.4 Å². The van der Waals surface area contributed by atoms with E-state index in [1.54, 1.807) is 36.4 Å². The Kier molecular flexibility index (Phi) is 3.56. The molecular weight excluding hydrogens is 242 g/mol. The molecule has 0 radical (unpaired) electrons. The molecule has 2 aromatic rings. The SMILES string of the molecule is Cc1ccc(C(=O)Nc2ccccc2C(N)=O)cn1.